The standard InChI is InChI=1S/C13H19ClN2/c1-12(2)11(13(12,3)4)16-7-9-5-6-15-8-10(9)14/h5-6,8,11,16H,7H2,1-4H3. The van der Waals surface area contributed by atoms with Gasteiger partial charge in [-0.3, -0.25) is 4.98 Å². The summed E-state index contributed by atoms with van der Waals surface area (Å²) in [5.74, 6) is 0. The maximum Gasteiger partial charge on any atom is 0.0634 e. The van der Waals surface area contributed by atoms with Crippen LogP contribution >= 0.6 is 11.6 Å². The minimum absolute atomic E-state index is 0.368. The highest BCUT2D eigenvalue weighted by atomic mass is 35.5. The molecule has 1 N–H and O–H groups in total. The van der Waals surface area contributed by atoms with Gasteiger partial charge in [-0.1, -0.05) is 39.3 Å². The Morgan fingerprint density at radius 2 is 1.94 bits per heavy atom. The molecule has 1 heterocycles. The zero-order chi connectivity index (χ0) is 12.0. The first-order valence-corrected chi connectivity index (χ1v) is 6.07. The quantitative estimate of drug-likeness (QED) is 0.875. The van der Waals surface area contributed by atoms with Gasteiger partial charge in [0.2, 0.25) is 0 Å². The molecule has 0 amide bonds. The summed E-state index contributed by atoms with van der Waals surface area (Å²) in [6.45, 7) is 10.0. The second kappa shape index (κ2) is 3.71. The largest absolute Gasteiger partial charge is 0.309 e. The van der Waals surface area contributed by atoms with Crippen LogP contribution < -0.4 is 5.32 Å². The summed E-state index contributed by atoms with van der Waals surface area (Å²) in [7, 11) is 0. The van der Waals surface area contributed by atoms with E-state index in [1.807, 2.05) is 6.07 Å². The van der Waals surface area contributed by atoms with Gasteiger partial charge in [0.1, 0.15) is 0 Å². The molecule has 0 atom stereocenters. The van der Waals surface area contributed by atoms with Crippen molar-refractivity contribution < 1.29 is 0 Å². The van der Waals surface area contributed by atoms with Crippen molar-refractivity contribution in [1.29, 1.82) is 0 Å². The second-order valence-electron chi connectivity index (χ2n) is 5.72. The number of aromatic nitrogens is 1. The van der Waals surface area contributed by atoms with E-state index in [0.29, 0.717) is 16.9 Å². The predicted molar refractivity (Wildman–Crippen MR) is 67.4 cm³/mol. The van der Waals surface area contributed by atoms with Crippen LogP contribution in [-0.4, -0.2) is 11.0 Å². The number of hydrogen-bond donors (Lipinski definition) is 1. The lowest BCUT2D eigenvalue weighted by atomic mass is 10.0. The summed E-state index contributed by atoms with van der Waals surface area (Å²) in [6, 6.07) is 2.53. The minimum atomic E-state index is 0.368. The van der Waals surface area contributed by atoms with Gasteiger partial charge in [0.25, 0.3) is 0 Å². The second-order valence-corrected chi connectivity index (χ2v) is 6.13. The van der Waals surface area contributed by atoms with Crippen LogP contribution in [0.2, 0.25) is 5.02 Å². The molecular formula is C13H19ClN2. The highest BCUT2D eigenvalue weighted by Gasteiger charge is 2.64. The summed E-state index contributed by atoms with van der Waals surface area (Å²) in [5.41, 5.74) is 1.86. The molecular weight excluding hydrogens is 220 g/mol. The third kappa shape index (κ3) is 1.74. The van der Waals surface area contributed by atoms with Crippen LogP contribution in [0.15, 0.2) is 18.5 Å². The molecule has 2 nitrogen and oxygen atoms in total. The summed E-state index contributed by atoms with van der Waals surface area (Å²) in [6.07, 6.45) is 3.48. The summed E-state index contributed by atoms with van der Waals surface area (Å²) >= 11 is 6.07. The molecule has 1 aromatic rings. The predicted octanol–water partition coefficient (Wildman–Crippen LogP) is 3.26. The molecule has 0 unspecified atom stereocenters. The zero-order valence-corrected chi connectivity index (χ0v) is 11.1. The van der Waals surface area contributed by atoms with Crippen LogP contribution in [0.4, 0.5) is 0 Å². The van der Waals surface area contributed by atoms with Gasteiger partial charge in [-0.2, -0.15) is 0 Å². The smallest absolute Gasteiger partial charge is 0.0634 e. The topological polar surface area (TPSA) is 24.9 Å². The van der Waals surface area contributed by atoms with Crippen molar-refractivity contribution in [3.05, 3.63) is 29.0 Å². The molecule has 0 radical (unpaired) electrons. The molecule has 1 aromatic heterocycles. The number of nitrogens with one attached hydrogen (secondary N) is 1. The average molecular weight is 239 g/mol. The molecule has 0 aromatic carbocycles. The van der Waals surface area contributed by atoms with E-state index in [9.17, 15) is 0 Å². The Labute approximate surface area is 102 Å². The summed E-state index contributed by atoms with van der Waals surface area (Å²) in [5, 5.41) is 4.32. The lowest BCUT2D eigenvalue weighted by molar-refractivity contribution is 0.457. The van der Waals surface area contributed by atoms with Crippen LogP contribution in [0.25, 0.3) is 0 Å². The molecule has 3 heteroatoms. The highest BCUT2D eigenvalue weighted by molar-refractivity contribution is 6.31. The van der Waals surface area contributed by atoms with Crippen LogP contribution in [0.3, 0.4) is 0 Å². The van der Waals surface area contributed by atoms with E-state index in [1.165, 1.54) is 0 Å². The van der Waals surface area contributed by atoms with Crippen molar-refractivity contribution in [2.75, 3.05) is 0 Å². The van der Waals surface area contributed by atoms with E-state index in [4.69, 9.17) is 11.6 Å². The van der Waals surface area contributed by atoms with Gasteiger partial charge in [-0.05, 0) is 22.5 Å². The van der Waals surface area contributed by atoms with Gasteiger partial charge in [-0.15, -0.1) is 0 Å². The van der Waals surface area contributed by atoms with Gasteiger partial charge < -0.3 is 5.32 Å². The monoisotopic (exact) mass is 238 g/mol. The van der Waals surface area contributed by atoms with Gasteiger partial charge in [0.15, 0.2) is 0 Å². The maximum absolute atomic E-state index is 6.07. The molecule has 0 spiro atoms. The minimum Gasteiger partial charge on any atom is -0.309 e. The molecule has 1 aliphatic carbocycles. The molecule has 1 saturated carbocycles. The lowest BCUT2D eigenvalue weighted by Crippen LogP contribution is -2.21. The van der Waals surface area contributed by atoms with E-state index >= 15 is 0 Å². The first-order chi connectivity index (χ1) is 7.37. The Morgan fingerprint density at radius 3 is 2.44 bits per heavy atom. The van der Waals surface area contributed by atoms with Gasteiger partial charge in [0, 0.05) is 25.0 Å². The number of pyridine rings is 1. The molecule has 1 fully saturated rings. The van der Waals surface area contributed by atoms with Crippen molar-refractivity contribution in [2.24, 2.45) is 10.8 Å². The molecule has 88 valence electrons. The fourth-order valence-corrected chi connectivity index (χ4v) is 2.65. The first-order valence-electron chi connectivity index (χ1n) is 5.69. The molecule has 0 bridgehead atoms. The lowest BCUT2D eigenvalue weighted by Gasteiger charge is -2.07. The van der Waals surface area contributed by atoms with Crippen molar-refractivity contribution in [1.82, 2.24) is 10.3 Å². The molecule has 1 aliphatic rings. The Balaban J connectivity index is 1.98. The number of nitrogens with zero attached hydrogens (tertiary/aromatic N) is 1. The third-order valence-electron chi connectivity index (χ3n) is 4.37. The van der Waals surface area contributed by atoms with Crippen molar-refractivity contribution in [2.45, 2.75) is 40.3 Å². The fraction of sp³-hybridized carbons (Fsp3) is 0.615. The van der Waals surface area contributed by atoms with Gasteiger partial charge in [0.05, 0.1) is 5.02 Å². The average Bonchev–Trinajstić information content (AvgIpc) is 2.58. The van der Waals surface area contributed by atoms with Gasteiger partial charge in [-0.25, -0.2) is 0 Å². The van der Waals surface area contributed by atoms with E-state index in [0.717, 1.165) is 17.1 Å². The fourth-order valence-electron chi connectivity index (χ4n) is 2.47. The maximum atomic E-state index is 6.07. The molecule has 0 saturated heterocycles. The van der Waals surface area contributed by atoms with E-state index < -0.39 is 0 Å². The van der Waals surface area contributed by atoms with Crippen molar-refractivity contribution >= 4 is 11.6 Å². The Kier molecular flexibility index (Phi) is 2.75. The van der Waals surface area contributed by atoms with Crippen LogP contribution in [-0.2, 0) is 6.54 Å². The van der Waals surface area contributed by atoms with Crippen LogP contribution in [0.5, 0.6) is 0 Å². The Hall–Kier alpha value is -0.600. The first kappa shape index (κ1) is 11.9. The molecule has 16 heavy (non-hydrogen) atoms. The number of hydrogen-bond acceptors (Lipinski definition) is 2. The number of rotatable bonds is 3. The zero-order valence-electron chi connectivity index (χ0n) is 10.3. The Bertz CT molecular complexity index is 385. The van der Waals surface area contributed by atoms with Gasteiger partial charge >= 0.3 is 0 Å². The van der Waals surface area contributed by atoms with Crippen molar-refractivity contribution in [3.8, 4) is 0 Å². The van der Waals surface area contributed by atoms with Crippen molar-refractivity contribution in [3.63, 3.8) is 0 Å². The van der Waals surface area contributed by atoms with E-state index in [1.54, 1.807) is 12.4 Å². The van der Waals surface area contributed by atoms with Crippen LogP contribution in [0, 0.1) is 10.8 Å². The number of halogens is 1. The normalized spacial score (nSPS) is 22.1. The summed E-state index contributed by atoms with van der Waals surface area (Å²) < 4.78 is 0. The highest BCUT2D eigenvalue weighted by Crippen LogP contribution is 2.62. The molecule has 2 rings (SSSR count). The Morgan fingerprint density at radius 1 is 1.31 bits per heavy atom. The summed E-state index contributed by atoms with van der Waals surface area (Å²) in [4.78, 5) is 3.99. The SMILES string of the molecule is CC1(C)C(NCc2ccncc2Cl)C1(C)C. The third-order valence-corrected chi connectivity index (χ3v) is 4.71. The molecule has 0 aliphatic heterocycles. The van der Waals surface area contributed by atoms with E-state index in [-0.39, 0.29) is 0 Å². The van der Waals surface area contributed by atoms with E-state index in [2.05, 4.69) is 38.0 Å². The van der Waals surface area contributed by atoms with Crippen LogP contribution in [0.1, 0.15) is 33.3 Å².